The molecule has 4 nitrogen and oxygen atoms in total. The number of anilines is 1. The predicted octanol–water partition coefficient (Wildman–Crippen LogP) is 2.20. The van der Waals surface area contributed by atoms with Gasteiger partial charge in [0.1, 0.15) is 0 Å². The molecule has 0 bridgehead atoms. The predicted molar refractivity (Wildman–Crippen MR) is 81.2 cm³/mol. The van der Waals surface area contributed by atoms with Crippen LogP contribution in [0.4, 0.5) is 5.13 Å². The first kappa shape index (κ1) is 12.7. The lowest BCUT2D eigenvalue weighted by Gasteiger charge is -2.37. The van der Waals surface area contributed by atoms with E-state index < -0.39 is 0 Å². The van der Waals surface area contributed by atoms with Crippen molar-refractivity contribution in [3.05, 3.63) is 18.2 Å². The molecule has 2 aromatic rings. The van der Waals surface area contributed by atoms with Crippen molar-refractivity contribution in [1.82, 2.24) is 10.3 Å². The lowest BCUT2D eigenvalue weighted by atomic mass is 10.0. The molecule has 6 heteroatoms. The van der Waals surface area contributed by atoms with Crippen molar-refractivity contribution >= 4 is 44.4 Å². The maximum atomic E-state index is 11.5. The number of fused-ring (bicyclic) bond motifs is 1. The molecule has 1 aliphatic heterocycles. The number of thioether (sulfide) groups is 1. The maximum absolute atomic E-state index is 11.5. The summed E-state index contributed by atoms with van der Waals surface area (Å²) < 4.78 is 1.21. The van der Waals surface area contributed by atoms with Gasteiger partial charge in [-0.15, -0.1) is 11.8 Å². The molecule has 0 saturated carbocycles. The van der Waals surface area contributed by atoms with E-state index in [0.717, 1.165) is 23.7 Å². The Labute approximate surface area is 120 Å². The quantitative estimate of drug-likeness (QED) is 0.881. The van der Waals surface area contributed by atoms with Crippen molar-refractivity contribution in [1.29, 1.82) is 0 Å². The zero-order valence-electron chi connectivity index (χ0n) is 10.8. The third-order valence-corrected chi connectivity index (χ3v) is 5.21. The smallest absolute Gasteiger partial charge is 0.226 e. The number of nitrogens with zero attached hydrogens (tertiary/aromatic N) is 2. The fourth-order valence-electron chi connectivity index (χ4n) is 2.22. The summed E-state index contributed by atoms with van der Waals surface area (Å²) >= 11 is 3.42. The molecule has 1 fully saturated rings. The molecule has 0 unspecified atom stereocenters. The van der Waals surface area contributed by atoms with Crippen molar-refractivity contribution < 1.29 is 4.79 Å². The third kappa shape index (κ3) is 2.19. The SMILES string of the molecule is CNC(=O)C1CN(c2nc3c(SC)cccc3s2)C1. The van der Waals surface area contributed by atoms with Crippen molar-refractivity contribution in [3.8, 4) is 0 Å². The Balaban J connectivity index is 1.82. The van der Waals surface area contributed by atoms with Gasteiger partial charge in [0, 0.05) is 25.0 Å². The van der Waals surface area contributed by atoms with Crippen LogP contribution in [0.3, 0.4) is 0 Å². The first-order chi connectivity index (χ1) is 9.22. The van der Waals surface area contributed by atoms with Gasteiger partial charge in [-0.1, -0.05) is 17.4 Å². The normalized spacial score (nSPS) is 15.6. The van der Waals surface area contributed by atoms with Gasteiger partial charge in [-0.05, 0) is 18.4 Å². The molecule has 2 heterocycles. The Morgan fingerprint density at radius 3 is 3.00 bits per heavy atom. The van der Waals surface area contributed by atoms with Gasteiger partial charge in [0.2, 0.25) is 5.91 Å². The number of thiazole rings is 1. The van der Waals surface area contributed by atoms with Crippen LogP contribution in [0, 0.1) is 5.92 Å². The molecule has 0 atom stereocenters. The minimum atomic E-state index is 0.108. The molecule has 1 aliphatic rings. The summed E-state index contributed by atoms with van der Waals surface area (Å²) in [7, 11) is 1.69. The highest BCUT2D eigenvalue weighted by molar-refractivity contribution is 7.98. The van der Waals surface area contributed by atoms with Crippen molar-refractivity contribution in [3.63, 3.8) is 0 Å². The number of amides is 1. The Kier molecular flexibility index (Phi) is 3.36. The number of para-hydroxylation sites is 1. The highest BCUT2D eigenvalue weighted by Crippen LogP contribution is 2.36. The Morgan fingerprint density at radius 2 is 2.32 bits per heavy atom. The van der Waals surface area contributed by atoms with Crippen LogP contribution in [0.15, 0.2) is 23.1 Å². The van der Waals surface area contributed by atoms with Gasteiger partial charge < -0.3 is 10.2 Å². The molecule has 0 radical (unpaired) electrons. The summed E-state index contributed by atoms with van der Waals surface area (Å²) in [4.78, 5) is 19.6. The number of aromatic nitrogens is 1. The van der Waals surface area contributed by atoms with Crippen LogP contribution in [0.2, 0.25) is 0 Å². The largest absolute Gasteiger partial charge is 0.359 e. The molecule has 100 valence electrons. The van der Waals surface area contributed by atoms with Crippen molar-refractivity contribution in [2.75, 3.05) is 31.3 Å². The Bertz CT molecular complexity index is 619. The number of hydrogen-bond donors (Lipinski definition) is 1. The molecule has 1 N–H and O–H groups in total. The fourth-order valence-corrected chi connectivity index (χ4v) is 3.86. The first-order valence-corrected chi connectivity index (χ1v) is 8.17. The van der Waals surface area contributed by atoms with E-state index in [1.54, 1.807) is 30.1 Å². The minimum absolute atomic E-state index is 0.108. The Morgan fingerprint density at radius 1 is 1.53 bits per heavy atom. The van der Waals surface area contributed by atoms with Crippen LogP contribution in [0.25, 0.3) is 10.2 Å². The van der Waals surface area contributed by atoms with E-state index in [9.17, 15) is 4.79 Å². The highest BCUT2D eigenvalue weighted by Gasteiger charge is 2.33. The minimum Gasteiger partial charge on any atom is -0.359 e. The summed E-state index contributed by atoms with van der Waals surface area (Å²) in [5, 5.41) is 3.72. The zero-order chi connectivity index (χ0) is 13.4. The van der Waals surface area contributed by atoms with Crippen molar-refractivity contribution in [2.24, 2.45) is 5.92 Å². The molecule has 3 rings (SSSR count). The average Bonchev–Trinajstić information content (AvgIpc) is 2.79. The van der Waals surface area contributed by atoms with Gasteiger partial charge in [-0.3, -0.25) is 4.79 Å². The summed E-state index contributed by atoms with van der Waals surface area (Å²) in [6.45, 7) is 1.54. The molecule has 1 amide bonds. The number of carbonyl (C=O) groups excluding carboxylic acids is 1. The van der Waals surface area contributed by atoms with Gasteiger partial charge in [0.05, 0.1) is 16.1 Å². The van der Waals surface area contributed by atoms with Crippen LogP contribution in [0.5, 0.6) is 0 Å². The standard InChI is InChI=1S/C13H15N3OS2/c1-14-12(17)8-6-16(7-8)13-15-11-9(18-2)4-3-5-10(11)19-13/h3-5,8H,6-7H2,1-2H3,(H,14,17). The van der Waals surface area contributed by atoms with E-state index in [1.807, 2.05) is 0 Å². The van der Waals surface area contributed by atoms with Crippen LogP contribution >= 0.6 is 23.1 Å². The molecule has 1 aromatic heterocycles. The second-order valence-electron chi connectivity index (χ2n) is 4.52. The summed E-state index contributed by atoms with van der Waals surface area (Å²) in [5.74, 6) is 0.235. The van der Waals surface area contributed by atoms with E-state index in [-0.39, 0.29) is 11.8 Å². The van der Waals surface area contributed by atoms with Crippen LogP contribution in [-0.2, 0) is 4.79 Å². The third-order valence-electron chi connectivity index (χ3n) is 3.36. The van der Waals surface area contributed by atoms with Crippen LogP contribution < -0.4 is 10.2 Å². The molecule has 1 saturated heterocycles. The van der Waals surface area contributed by atoms with E-state index in [0.29, 0.717) is 0 Å². The zero-order valence-corrected chi connectivity index (χ0v) is 12.5. The van der Waals surface area contributed by atoms with Crippen molar-refractivity contribution in [2.45, 2.75) is 4.90 Å². The summed E-state index contributed by atoms with van der Waals surface area (Å²) in [5.41, 5.74) is 1.08. The topological polar surface area (TPSA) is 45.2 Å². The average molecular weight is 293 g/mol. The van der Waals surface area contributed by atoms with E-state index in [4.69, 9.17) is 4.98 Å². The van der Waals surface area contributed by atoms with Crippen LogP contribution in [-0.4, -0.2) is 37.3 Å². The van der Waals surface area contributed by atoms with Gasteiger partial charge in [0.25, 0.3) is 0 Å². The lowest BCUT2D eigenvalue weighted by Crippen LogP contribution is -2.53. The number of carbonyl (C=O) groups is 1. The van der Waals surface area contributed by atoms with E-state index >= 15 is 0 Å². The monoisotopic (exact) mass is 293 g/mol. The van der Waals surface area contributed by atoms with Gasteiger partial charge >= 0.3 is 0 Å². The van der Waals surface area contributed by atoms with E-state index in [1.165, 1.54) is 9.60 Å². The molecule has 19 heavy (non-hydrogen) atoms. The molecule has 0 spiro atoms. The van der Waals surface area contributed by atoms with E-state index in [2.05, 4.69) is 34.7 Å². The molecular weight excluding hydrogens is 278 g/mol. The summed E-state index contributed by atoms with van der Waals surface area (Å²) in [6.07, 6.45) is 2.07. The summed E-state index contributed by atoms with van der Waals surface area (Å²) in [6, 6.07) is 6.27. The van der Waals surface area contributed by atoms with Gasteiger partial charge in [-0.2, -0.15) is 0 Å². The lowest BCUT2D eigenvalue weighted by molar-refractivity contribution is -0.125. The van der Waals surface area contributed by atoms with Gasteiger partial charge in [0.15, 0.2) is 5.13 Å². The maximum Gasteiger partial charge on any atom is 0.226 e. The molecule has 1 aromatic carbocycles. The van der Waals surface area contributed by atoms with Gasteiger partial charge in [-0.25, -0.2) is 4.98 Å². The molecular formula is C13H15N3OS2. The fraction of sp³-hybridized carbons (Fsp3) is 0.385. The Hall–Kier alpha value is -1.27. The molecule has 0 aliphatic carbocycles. The second-order valence-corrected chi connectivity index (χ2v) is 6.38. The number of rotatable bonds is 3. The number of hydrogen-bond acceptors (Lipinski definition) is 5. The van der Waals surface area contributed by atoms with Crippen LogP contribution in [0.1, 0.15) is 0 Å². The highest BCUT2D eigenvalue weighted by atomic mass is 32.2. The number of nitrogens with one attached hydrogen (secondary N) is 1. The first-order valence-electron chi connectivity index (χ1n) is 6.13. The number of benzene rings is 1. The second kappa shape index (κ2) is 5.02.